The van der Waals surface area contributed by atoms with Gasteiger partial charge in [-0.3, -0.25) is 4.68 Å². The van der Waals surface area contributed by atoms with Crippen molar-refractivity contribution in [2.45, 2.75) is 100 Å². The highest BCUT2D eigenvalue weighted by molar-refractivity contribution is 8.06. The first-order valence-corrected chi connectivity index (χ1v) is 13.9. The van der Waals surface area contributed by atoms with Gasteiger partial charge in [-0.25, -0.2) is 4.99 Å². The van der Waals surface area contributed by atoms with Crippen molar-refractivity contribution in [3.05, 3.63) is 64.2 Å². The Labute approximate surface area is 225 Å². The Morgan fingerprint density at radius 1 is 1.14 bits per heavy atom. The number of benzene rings is 1. The summed E-state index contributed by atoms with van der Waals surface area (Å²) in [6.07, 6.45) is 6.47. The molecule has 36 heavy (non-hydrogen) atoms. The summed E-state index contributed by atoms with van der Waals surface area (Å²) in [7, 11) is 1.94. The molecule has 1 aliphatic heterocycles. The van der Waals surface area contributed by atoms with Gasteiger partial charge in [-0.15, -0.1) is 0 Å². The lowest BCUT2D eigenvalue weighted by Crippen LogP contribution is -2.57. The third-order valence-electron chi connectivity index (χ3n) is 5.91. The Morgan fingerprint density at radius 3 is 2.17 bits per heavy atom. The van der Waals surface area contributed by atoms with E-state index in [0.29, 0.717) is 11.1 Å². The van der Waals surface area contributed by atoms with Crippen molar-refractivity contribution in [1.29, 1.82) is 0 Å². The van der Waals surface area contributed by atoms with Gasteiger partial charge in [0.15, 0.2) is 0 Å². The average molecular weight is 511 g/mol. The molecule has 0 aliphatic carbocycles. The zero-order valence-electron chi connectivity index (χ0n) is 25.0. The first-order chi connectivity index (χ1) is 16.6. The molecule has 5 heteroatoms. The molecule has 1 fully saturated rings. The lowest BCUT2D eigenvalue weighted by atomic mass is 9.77. The van der Waals surface area contributed by atoms with Gasteiger partial charge in [-0.2, -0.15) is 5.10 Å². The highest BCUT2D eigenvalue weighted by atomic mass is 32.2. The maximum Gasteiger partial charge on any atom is 0.104 e. The summed E-state index contributed by atoms with van der Waals surface area (Å²) in [6.45, 7) is 31.5. The van der Waals surface area contributed by atoms with Gasteiger partial charge < -0.3 is 5.32 Å². The van der Waals surface area contributed by atoms with Crippen LogP contribution in [0.2, 0.25) is 0 Å². The maximum absolute atomic E-state index is 4.81. The number of aryl methyl sites for hydroxylation is 2. The van der Waals surface area contributed by atoms with Gasteiger partial charge in [-0.05, 0) is 108 Å². The fraction of sp³-hybridized carbons (Fsp3) is 0.548. The number of allylic oxidation sites excluding steroid dienone is 3. The van der Waals surface area contributed by atoms with Crippen LogP contribution in [0.1, 0.15) is 93.2 Å². The van der Waals surface area contributed by atoms with E-state index in [0.717, 1.165) is 49.2 Å². The molecule has 0 atom stereocenters. The SMILES string of the molecule is C=C/C(C)=C(\N=C(/C)c1cc(C)c2nn(C)cc2c1)SC(=C)C.CC.CC1CC(C)(C)NC(C)(C)C1. The molecule has 0 spiro atoms. The van der Waals surface area contributed by atoms with Crippen LogP contribution in [-0.2, 0) is 7.05 Å². The molecule has 0 bridgehead atoms. The summed E-state index contributed by atoms with van der Waals surface area (Å²) in [5, 5.41) is 10.2. The monoisotopic (exact) mass is 510 g/mol. The van der Waals surface area contributed by atoms with E-state index in [9.17, 15) is 0 Å². The number of piperidine rings is 1. The van der Waals surface area contributed by atoms with Crippen LogP contribution in [0.15, 0.2) is 58.1 Å². The van der Waals surface area contributed by atoms with Gasteiger partial charge in [0.25, 0.3) is 0 Å². The lowest BCUT2D eigenvalue weighted by molar-refractivity contribution is 0.138. The molecule has 1 aromatic carbocycles. The number of nitrogens with zero attached hydrogens (tertiary/aromatic N) is 3. The molecule has 0 radical (unpaired) electrons. The molecule has 0 amide bonds. The molecular formula is C31H50N4S. The summed E-state index contributed by atoms with van der Waals surface area (Å²) in [4.78, 5) is 5.82. The van der Waals surface area contributed by atoms with E-state index in [2.05, 4.69) is 77.2 Å². The predicted octanol–water partition coefficient (Wildman–Crippen LogP) is 8.96. The number of rotatable bonds is 5. The van der Waals surface area contributed by atoms with Crippen LogP contribution in [0.25, 0.3) is 10.9 Å². The Morgan fingerprint density at radius 2 is 1.69 bits per heavy atom. The smallest absolute Gasteiger partial charge is 0.104 e. The first-order valence-electron chi connectivity index (χ1n) is 13.1. The molecule has 1 saturated heterocycles. The van der Waals surface area contributed by atoms with Gasteiger partial charge in [0.1, 0.15) is 5.03 Å². The topological polar surface area (TPSA) is 42.2 Å². The Balaban J connectivity index is 0.000000417. The van der Waals surface area contributed by atoms with Gasteiger partial charge in [0, 0.05) is 35.4 Å². The van der Waals surface area contributed by atoms with Gasteiger partial charge >= 0.3 is 0 Å². The average Bonchev–Trinajstić information content (AvgIpc) is 3.12. The number of hydrogen-bond acceptors (Lipinski definition) is 4. The molecule has 2 aromatic rings. The van der Waals surface area contributed by atoms with E-state index in [1.165, 1.54) is 12.8 Å². The van der Waals surface area contributed by atoms with E-state index in [-0.39, 0.29) is 0 Å². The Hall–Kier alpha value is -2.11. The Kier molecular flexibility index (Phi) is 11.9. The molecule has 1 N–H and O–H groups in total. The minimum absolute atomic E-state index is 0.334. The highest BCUT2D eigenvalue weighted by Gasteiger charge is 2.35. The summed E-state index contributed by atoms with van der Waals surface area (Å²) in [6, 6.07) is 4.28. The van der Waals surface area contributed by atoms with Crippen LogP contribution in [0.5, 0.6) is 0 Å². The zero-order valence-corrected chi connectivity index (χ0v) is 25.8. The van der Waals surface area contributed by atoms with Crippen LogP contribution in [0.4, 0.5) is 0 Å². The third-order valence-corrected chi connectivity index (χ3v) is 6.86. The van der Waals surface area contributed by atoms with Crippen molar-refractivity contribution in [2.75, 3.05) is 0 Å². The van der Waals surface area contributed by atoms with Crippen molar-refractivity contribution in [1.82, 2.24) is 15.1 Å². The molecule has 0 unspecified atom stereocenters. The van der Waals surface area contributed by atoms with Gasteiger partial charge in [0.05, 0.1) is 5.52 Å². The number of thioether (sulfide) groups is 1. The van der Waals surface area contributed by atoms with Crippen LogP contribution in [-0.4, -0.2) is 26.6 Å². The predicted molar refractivity (Wildman–Crippen MR) is 164 cm³/mol. The Bertz CT molecular complexity index is 1100. The quantitative estimate of drug-likeness (QED) is 0.322. The molecule has 1 aliphatic rings. The van der Waals surface area contributed by atoms with Crippen LogP contribution in [0, 0.1) is 12.8 Å². The van der Waals surface area contributed by atoms with E-state index >= 15 is 0 Å². The third kappa shape index (κ3) is 9.74. The van der Waals surface area contributed by atoms with E-state index in [1.54, 1.807) is 11.8 Å². The summed E-state index contributed by atoms with van der Waals surface area (Å²) >= 11 is 1.58. The lowest BCUT2D eigenvalue weighted by Gasteiger charge is -2.45. The second-order valence-corrected chi connectivity index (χ2v) is 12.4. The summed E-state index contributed by atoms with van der Waals surface area (Å²) in [5.41, 5.74) is 6.01. The van der Waals surface area contributed by atoms with Gasteiger partial charge in [0.2, 0.25) is 0 Å². The largest absolute Gasteiger partial charge is 0.307 e. The molecule has 200 valence electrons. The minimum Gasteiger partial charge on any atom is -0.307 e. The summed E-state index contributed by atoms with van der Waals surface area (Å²) < 4.78 is 1.85. The zero-order chi connectivity index (χ0) is 27.8. The minimum atomic E-state index is 0.334. The van der Waals surface area contributed by atoms with Crippen molar-refractivity contribution in [3.8, 4) is 0 Å². The number of fused-ring (bicyclic) bond motifs is 1. The molecular weight excluding hydrogens is 460 g/mol. The van der Waals surface area contributed by atoms with E-state index in [1.807, 2.05) is 58.6 Å². The van der Waals surface area contributed by atoms with Gasteiger partial charge in [-0.1, -0.05) is 51.8 Å². The van der Waals surface area contributed by atoms with Crippen molar-refractivity contribution in [2.24, 2.45) is 18.0 Å². The van der Waals surface area contributed by atoms with Crippen molar-refractivity contribution in [3.63, 3.8) is 0 Å². The van der Waals surface area contributed by atoms with Crippen LogP contribution in [0.3, 0.4) is 0 Å². The normalized spacial score (nSPS) is 17.8. The van der Waals surface area contributed by atoms with E-state index < -0.39 is 0 Å². The fourth-order valence-corrected chi connectivity index (χ4v) is 5.89. The molecule has 3 rings (SSSR count). The summed E-state index contributed by atoms with van der Waals surface area (Å²) in [5.74, 6) is 0.862. The standard InChI is InChI=1S/C19H23N3S.C10H21N.C2H6/c1-8-13(4)19(23-12(2)3)20-15(6)16-9-14(5)18-17(10-16)11-22(7)21-18;1-8-6-9(2,3)11-10(4,5)7-8;1-2/h8-11H,1-2H2,3-7H3;8,11H,6-7H2,1-5H3;1-2H3/b19-13+,20-15+;;. The van der Waals surface area contributed by atoms with Crippen molar-refractivity contribution < 1.29 is 0 Å². The molecule has 1 aromatic heterocycles. The molecule has 0 saturated carbocycles. The van der Waals surface area contributed by atoms with Crippen LogP contribution < -0.4 is 5.32 Å². The maximum atomic E-state index is 4.81. The fourth-order valence-electron chi connectivity index (χ4n) is 5.13. The number of aliphatic imine (C=N–C) groups is 1. The van der Waals surface area contributed by atoms with E-state index in [4.69, 9.17) is 4.99 Å². The highest BCUT2D eigenvalue weighted by Crippen LogP contribution is 2.32. The van der Waals surface area contributed by atoms with Crippen molar-refractivity contribution >= 4 is 28.4 Å². The number of aromatic nitrogens is 2. The second kappa shape index (κ2) is 13.4. The first kappa shape index (κ1) is 31.9. The van der Waals surface area contributed by atoms with Crippen LogP contribution >= 0.6 is 11.8 Å². The molecule has 2 heterocycles. The second-order valence-electron chi connectivity index (χ2n) is 11.1. The molecule has 4 nitrogen and oxygen atoms in total. The number of nitrogens with one attached hydrogen (secondary N) is 1. The number of hydrogen-bond donors (Lipinski definition) is 1.